The van der Waals surface area contributed by atoms with Gasteiger partial charge in [-0.3, -0.25) is 9.59 Å². The summed E-state index contributed by atoms with van der Waals surface area (Å²) in [6.07, 6.45) is 2.84. The van der Waals surface area contributed by atoms with Gasteiger partial charge in [-0.25, -0.2) is 0 Å². The van der Waals surface area contributed by atoms with Gasteiger partial charge >= 0.3 is 0 Å². The molecule has 1 aliphatic carbocycles. The molecule has 0 aliphatic heterocycles. The third-order valence-electron chi connectivity index (χ3n) is 6.63. The highest BCUT2D eigenvalue weighted by molar-refractivity contribution is 7.99. The van der Waals surface area contributed by atoms with Gasteiger partial charge in [0.25, 0.3) is 0 Å². The Morgan fingerprint density at radius 3 is 2.66 bits per heavy atom. The highest BCUT2D eigenvalue weighted by Crippen LogP contribution is 2.44. The number of rotatable bonds is 7. The lowest BCUT2D eigenvalue weighted by Crippen LogP contribution is -2.26. The number of hydrogen-bond acceptors (Lipinski definition) is 7. The van der Waals surface area contributed by atoms with Gasteiger partial charge in [0, 0.05) is 17.6 Å². The zero-order valence-electron chi connectivity index (χ0n) is 21.5. The monoisotopic (exact) mass is 590 g/mol. The maximum atomic E-state index is 12.8. The van der Waals surface area contributed by atoms with E-state index in [-0.39, 0.29) is 29.4 Å². The molecule has 3 aromatic rings. The summed E-state index contributed by atoms with van der Waals surface area (Å²) in [6.45, 7) is 6.75. The molecule has 2 N–H and O–H groups in total. The van der Waals surface area contributed by atoms with E-state index in [9.17, 15) is 14.9 Å². The van der Waals surface area contributed by atoms with Gasteiger partial charge in [-0.15, -0.1) is 21.5 Å². The second kappa shape index (κ2) is 11.7. The molecule has 0 unspecified atom stereocenters. The number of halogens is 2. The van der Waals surface area contributed by atoms with Crippen LogP contribution in [0.15, 0.2) is 23.4 Å². The third kappa shape index (κ3) is 6.52. The van der Waals surface area contributed by atoms with Gasteiger partial charge < -0.3 is 15.2 Å². The molecule has 0 bridgehead atoms. The van der Waals surface area contributed by atoms with Crippen molar-refractivity contribution in [1.29, 1.82) is 5.26 Å². The number of fused-ring (bicyclic) bond motifs is 1. The van der Waals surface area contributed by atoms with Gasteiger partial charge in [-0.05, 0) is 54.4 Å². The first-order valence-corrected chi connectivity index (χ1v) is 14.6. The van der Waals surface area contributed by atoms with Crippen molar-refractivity contribution in [2.45, 2.75) is 51.6 Å². The molecule has 2 aromatic heterocycles. The van der Waals surface area contributed by atoms with Gasteiger partial charge in [0.1, 0.15) is 16.9 Å². The second-order valence-corrected chi connectivity index (χ2v) is 13.1. The zero-order chi connectivity index (χ0) is 27.6. The molecular weight excluding hydrogens is 563 g/mol. The van der Waals surface area contributed by atoms with E-state index in [2.05, 4.69) is 47.7 Å². The van der Waals surface area contributed by atoms with Crippen molar-refractivity contribution in [2.75, 3.05) is 16.4 Å². The van der Waals surface area contributed by atoms with Gasteiger partial charge in [0.05, 0.1) is 27.8 Å². The normalized spacial score (nSPS) is 15.0. The van der Waals surface area contributed by atoms with E-state index in [4.69, 9.17) is 23.2 Å². The van der Waals surface area contributed by atoms with Gasteiger partial charge in [0.2, 0.25) is 11.8 Å². The highest BCUT2D eigenvalue weighted by atomic mass is 35.5. The molecule has 1 aromatic carbocycles. The summed E-state index contributed by atoms with van der Waals surface area (Å²) in [6, 6.07) is 7.14. The van der Waals surface area contributed by atoms with Crippen molar-refractivity contribution < 1.29 is 9.59 Å². The molecule has 38 heavy (non-hydrogen) atoms. The van der Waals surface area contributed by atoms with Crippen molar-refractivity contribution in [1.82, 2.24) is 14.8 Å². The number of thiophene rings is 1. The van der Waals surface area contributed by atoms with Crippen LogP contribution in [-0.2, 0) is 35.9 Å². The summed E-state index contributed by atoms with van der Waals surface area (Å²) in [5, 5.41) is 25.6. The number of amides is 2. The molecule has 0 radical (unpaired) electrons. The van der Waals surface area contributed by atoms with Gasteiger partial charge in [-0.1, -0.05) is 55.7 Å². The smallest absolute Gasteiger partial charge is 0.235 e. The summed E-state index contributed by atoms with van der Waals surface area (Å²) >= 11 is 14.7. The Hall–Kier alpha value is -2.58. The van der Waals surface area contributed by atoms with E-state index < -0.39 is 0 Å². The van der Waals surface area contributed by atoms with Crippen LogP contribution in [-0.4, -0.2) is 32.3 Å². The SMILES string of the molecule is Cn1c(CC(=O)Nc2ccc(Cl)c(Cl)c2)nnc1SCC(=O)Nc1sc2c(c1C#N)CC[C@@H](C(C)(C)C)C2. The Morgan fingerprint density at radius 2 is 1.97 bits per heavy atom. The van der Waals surface area contributed by atoms with Crippen LogP contribution in [0.2, 0.25) is 10.0 Å². The van der Waals surface area contributed by atoms with Crippen LogP contribution in [0.3, 0.4) is 0 Å². The maximum Gasteiger partial charge on any atom is 0.235 e. The summed E-state index contributed by atoms with van der Waals surface area (Å²) in [5.74, 6) is 0.596. The lowest BCUT2D eigenvalue weighted by Gasteiger charge is -2.33. The fourth-order valence-electron chi connectivity index (χ4n) is 4.37. The van der Waals surface area contributed by atoms with Gasteiger partial charge in [-0.2, -0.15) is 5.26 Å². The molecular formula is C26H28Cl2N6O2S2. The third-order valence-corrected chi connectivity index (χ3v) is 9.56. The first-order valence-electron chi connectivity index (χ1n) is 12.1. The Labute approximate surface area is 240 Å². The number of carbonyl (C=O) groups is 2. The number of aromatic nitrogens is 3. The van der Waals surface area contributed by atoms with Crippen LogP contribution in [0.5, 0.6) is 0 Å². The highest BCUT2D eigenvalue weighted by Gasteiger charge is 2.32. The van der Waals surface area contributed by atoms with Crippen molar-refractivity contribution >= 4 is 68.8 Å². The van der Waals surface area contributed by atoms with E-state index in [1.54, 1.807) is 29.8 Å². The minimum Gasteiger partial charge on any atom is -0.326 e. The quantitative estimate of drug-likeness (QED) is 0.320. The summed E-state index contributed by atoms with van der Waals surface area (Å²) < 4.78 is 1.68. The van der Waals surface area contributed by atoms with Crippen LogP contribution in [0.25, 0.3) is 0 Å². The van der Waals surface area contributed by atoms with E-state index in [1.165, 1.54) is 28.0 Å². The van der Waals surface area contributed by atoms with Crippen LogP contribution < -0.4 is 10.6 Å². The molecule has 1 aliphatic rings. The molecule has 200 valence electrons. The molecule has 8 nitrogen and oxygen atoms in total. The van der Waals surface area contributed by atoms with E-state index in [0.717, 1.165) is 24.8 Å². The Bertz CT molecular complexity index is 1420. The fraction of sp³-hybridized carbons (Fsp3) is 0.423. The van der Waals surface area contributed by atoms with Crippen molar-refractivity contribution in [3.8, 4) is 6.07 Å². The van der Waals surface area contributed by atoms with Crippen molar-refractivity contribution in [3.63, 3.8) is 0 Å². The maximum absolute atomic E-state index is 12.8. The number of thioether (sulfide) groups is 1. The summed E-state index contributed by atoms with van der Waals surface area (Å²) in [7, 11) is 1.74. The van der Waals surface area contributed by atoms with Crippen molar-refractivity contribution in [3.05, 3.63) is 50.1 Å². The Kier molecular flexibility index (Phi) is 8.72. The molecule has 2 amide bonds. The number of benzene rings is 1. The largest absolute Gasteiger partial charge is 0.326 e. The summed E-state index contributed by atoms with van der Waals surface area (Å²) in [5.41, 5.74) is 2.40. The number of nitriles is 1. The average molecular weight is 592 g/mol. The molecule has 12 heteroatoms. The molecule has 1 atom stereocenters. The lowest BCUT2D eigenvalue weighted by atomic mass is 9.72. The topological polar surface area (TPSA) is 113 Å². The van der Waals surface area contributed by atoms with E-state index in [0.29, 0.717) is 43.2 Å². The standard InChI is InChI=1S/C26H28Cl2N6O2S2/c1-26(2,3)14-5-7-16-17(12-29)24(38-20(16)9-14)31-23(36)13-37-25-33-32-21(34(25)4)11-22(35)30-15-6-8-18(27)19(28)10-15/h6,8,10,14H,5,7,9,11,13H2,1-4H3,(H,30,35)(H,31,36)/t14-/m1/s1. The number of nitrogens with one attached hydrogen (secondary N) is 2. The van der Waals surface area contributed by atoms with Crippen LogP contribution in [0.1, 0.15) is 49.0 Å². The predicted molar refractivity (Wildman–Crippen MR) is 153 cm³/mol. The lowest BCUT2D eigenvalue weighted by molar-refractivity contribution is -0.116. The van der Waals surface area contributed by atoms with Crippen LogP contribution in [0, 0.1) is 22.7 Å². The van der Waals surface area contributed by atoms with Crippen molar-refractivity contribution in [2.24, 2.45) is 18.4 Å². The minimum atomic E-state index is -0.285. The zero-order valence-corrected chi connectivity index (χ0v) is 24.7. The minimum absolute atomic E-state index is 0.00165. The second-order valence-electron chi connectivity index (χ2n) is 10.3. The predicted octanol–water partition coefficient (Wildman–Crippen LogP) is 6.12. The molecule has 0 saturated carbocycles. The Morgan fingerprint density at radius 1 is 1.21 bits per heavy atom. The molecule has 0 fully saturated rings. The van der Waals surface area contributed by atoms with E-state index >= 15 is 0 Å². The summed E-state index contributed by atoms with van der Waals surface area (Å²) in [4.78, 5) is 26.4. The van der Waals surface area contributed by atoms with E-state index in [1.807, 2.05) is 0 Å². The molecule has 4 rings (SSSR count). The van der Waals surface area contributed by atoms with Gasteiger partial charge in [0.15, 0.2) is 5.16 Å². The number of nitrogens with zero attached hydrogens (tertiary/aromatic N) is 4. The number of anilines is 2. The number of carbonyl (C=O) groups excluding carboxylic acids is 2. The number of hydrogen-bond donors (Lipinski definition) is 2. The van der Waals surface area contributed by atoms with Crippen LogP contribution >= 0.6 is 46.3 Å². The first-order chi connectivity index (χ1) is 18.0. The molecule has 0 saturated heterocycles. The Balaban J connectivity index is 1.34. The molecule has 2 heterocycles. The fourth-order valence-corrected chi connectivity index (χ4v) is 6.69. The first kappa shape index (κ1) is 28.4. The average Bonchev–Trinajstić information content (AvgIpc) is 3.37. The molecule has 0 spiro atoms. The van der Waals surface area contributed by atoms with Crippen LogP contribution in [0.4, 0.5) is 10.7 Å².